The molecule has 0 spiro atoms. The summed E-state index contributed by atoms with van der Waals surface area (Å²) in [5.41, 5.74) is 2.05. The zero-order valence-electron chi connectivity index (χ0n) is 18.1. The van der Waals surface area contributed by atoms with Crippen LogP contribution in [0.2, 0.25) is 0 Å². The summed E-state index contributed by atoms with van der Waals surface area (Å²) in [6.07, 6.45) is 2.90. The van der Waals surface area contributed by atoms with Crippen LogP contribution in [0, 0.1) is 5.92 Å². The number of hydrogen-bond donors (Lipinski definition) is 1. The van der Waals surface area contributed by atoms with Crippen molar-refractivity contribution in [3.05, 3.63) is 65.7 Å². The minimum absolute atomic E-state index is 0.121. The molecule has 4 rings (SSSR count). The number of likely N-dealkylation sites (tertiary alicyclic amines) is 1. The average molecular weight is 456 g/mol. The van der Waals surface area contributed by atoms with Crippen LogP contribution in [-0.4, -0.2) is 49.1 Å². The molecule has 2 aromatic rings. The minimum atomic E-state index is -3.59. The normalized spacial score (nSPS) is 19.8. The first-order valence-electron chi connectivity index (χ1n) is 11.1. The number of benzene rings is 2. The topological polar surface area (TPSA) is 86.8 Å². The van der Waals surface area contributed by atoms with Crippen molar-refractivity contribution in [2.24, 2.45) is 5.92 Å². The quantitative estimate of drug-likeness (QED) is 0.695. The molecule has 0 unspecified atom stereocenters. The zero-order valence-corrected chi connectivity index (χ0v) is 18.9. The van der Waals surface area contributed by atoms with Gasteiger partial charge < -0.3 is 10.2 Å². The summed E-state index contributed by atoms with van der Waals surface area (Å²) in [4.78, 5) is 26.6. The van der Waals surface area contributed by atoms with E-state index < -0.39 is 10.0 Å². The molecular weight excluding hydrogens is 426 g/mol. The van der Waals surface area contributed by atoms with Gasteiger partial charge in [-0.25, -0.2) is 8.42 Å². The molecular formula is C24H29N3O4S. The van der Waals surface area contributed by atoms with E-state index in [1.807, 2.05) is 29.2 Å². The summed E-state index contributed by atoms with van der Waals surface area (Å²) in [6, 6.07) is 16.3. The second kappa shape index (κ2) is 9.83. The predicted molar refractivity (Wildman–Crippen MR) is 121 cm³/mol. The Kier molecular flexibility index (Phi) is 6.91. The number of carbonyl (C=O) groups excluding carboxylic acids is 2. The molecule has 2 aliphatic heterocycles. The molecule has 0 aliphatic carbocycles. The fourth-order valence-corrected chi connectivity index (χ4v) is 5.85. The Bertz CT molecular complexity index is 1050. The third-order valence-corrected chi connectivity index (χ3v) is 8.05. The number of sulfonamides is 1. The molecule has 2 aliphatic rings. The van der Waals surface area contributed by atoms with E-state index in [1.54, 1.807) is 30.3 Å². The lowest BCUT2D eigenvalue weighted by Gasteiger charge is -2.31. The molecule has 1 N–H and O–H groups in total. The number of piperidine rings is 1. The van der Waals surface area contributed by atoms with Crippen molar-refractivity contribution >= 4 is 21.8 Å². The van der Waals surface area contributed by atoms with Crippen molar-refractivity contribution in [1.82, 2.24) is 14.5 Å². The zero-order chi connectivity index (χ0) is 22.6. The van der Waals surface area contributed by atoms with Gasteiger partial charge in [-0.1, -0.05) is 42.5 Å². The molecule has 0 aromatic heterocycles. The number of nitrogens with one attached hydrogen (secondary N) is 1. The van der Waals surface area contributed by atoms with Gasteiger partial charge in [-0.3, -0.25) is 9.59 Å². The lowest BCUT2D eigenvalue weighted by molar-refractivity contribution is -0.128. The molecule has 7 nitrogen and oxygen atoms in total. The van der Waals surface area contributed by atoms with Gasteiger partial charge in [0.25, 0.3) is 0 Å². The number of carbonyl (C=O) groups is 2. The highest BCUT2D eigenvalue weighted by Gasteiger charge is 2.33. The first-order chi connectivity index (χ1) is 15.4. The molecule has 0 radical (unpaired) electrons. The molecule has 2 fully saturated rings. The summed E-state index contributed by atoms with van der Waals surface area (Å²) in [7, 11) is -3.59. The first-order valence-corrected chi connectivity index (χ1v) is 12.6. The highest BCUT2D eigenvalue weighted by atomic mass is 32.2. The van der Waals surface area contributed by atoms with Gasteiger partial charge >= 0.3 is 0 Å². The van der Waals surface area contributed by atoms with Gasteiger partial charge in [0.15, 0.2) is 0 Å². The molecule has 0 saturated carbocycles. The van der Waals surface area contributed by atoms with Crippen molar-refractivity contribution in [1.29, 1.82) is 0 Å². The van der Waals surface area contributed by atoms with Gasteiger partial charge in [-0.15, -0.1) is 0 Å². The lowest BCUT2D eigenvalue weighted by atomic mass is 9.98. The van der Waals surface area contributed by atoms with Crippen molar-refractivity contribution in [3.8, 4) is 0 Å². The minimum Gasteiger partial charge on any atom is -0.352 e. The van der Waals surface area contributed by atoms with Crippen molar-refractivity contribution in [3.63, 3.8) is 0 Å². The van der Waals surface area contributed by atoms with Crippen molar-refractivity contribution in [2.75, 3.05) is 19.6 Å². The Hall–Kier alpha value is -2.71. The maximum Gasteiger partial charge on any atom is 0.243 e. The van der Waals surface area contributed by atoms with Crippen LogP contribution in [0.25, 0.3) is 0 Å². The van der Waals surface area contributed by atoms with Crippen LogP contribution < -0.4 is 5.32 Å². The van der Waals surface area contributed by atoms with Gasteiger partial charge in [0.2, 0.25) is 21.8 Å². The molecule has 2 heterocycles. The molecule has 1 atom stereocenters. The third kappa shape index (κ3) is 5.19. The van der Waals surface area contributed by atoms with Gasteiger partial charge in [0, 0.05) is 39.1 Å². The summed E-state index contributed by atoms with van der Waals surface area (Å²) in [5, 5.41) is 2.96. The molecule has 2 saturated heterocycles. The Balaban J connectivity index is 1.30. The lowest BCUT2D eigenvalue weighted by Crippen LogP contribution is -2.45. The van der Waals surface area contributed by atoms with Crippen LogP contribution >= 0.6 is 0 Å². The SMILES string of the molecule is O=C(NCc1ccc(CN2CCCC2=O)cc1)[C@H]1CCCN(S(=O)(=O)c2ccccc2)C1. The maximum absolute atomic E-state index is 12.9. The highest BCUT2D eigenvalue weighted by Crippen LogP contribution is 2.24. The summed E-state index contributed by atoms with van der Waals surface area (Å²) >= 11 is 0. The highest BCUT2D eigenvalue weighted by molar-refractivity contribution is 7.89. The number of hydrogen-bond acceptors (Lipinski definition) is 4. The predicted octanol–water partition coefficient (Wildman–Crippen LogP) is 2.53. The second-order valence-corrected chi connectivity index (χ2v) is 10.4. The van der Waals surface area contributed by atoms with E-state index in [4.69, 9.17) is 0 Å². The van der Waals surface area contributed by atoms with E-state index in [0.717, 1.165) is 24.1 Å². The molecule has 0 bridgehead atoms. The number of rotatable bonds is 7. The van der Waals surface area contributed by atoms with Crippen LogP contribution in [0.15, 0.2) is 59.5 Å². The Morgan fingerprint density at radius 2 is 1.69 bits per heavy atom. The van der Waals surface area contributed by atoms with E-state index in [2.05, 4.69) is 5.32 Å². The molecule has 2 aromatic carbocycles. The second-order valence-electron chi connectivity index (χ2n) is 8.47. The van der Waals surface area contributed by atoms with E-state index in [-0.39, 0.29) is 29.2 Å². The summed E-state index contributed by atoms with van der Waals surface area (Å²) < 4.78 is 27.2. The van der Waals surface area contributed by atoms with Crippen LogP contribution in [0.3, 0.4) is 0 Å². The van der Waals surface area contributed by atoms with Gasteiger partial charge in [-0.2, -0.15) is 4.31 Å². The number of nitrogens with zero attached hydrogens (tertiary/aromatic N) is 2. The number of amides is 2. The average Bonchev–Trinajstić information content (AvgIpc) is 3.23. The van der Waals surface area contributed by atoms with Crippen molar-refractivity contribution in [2.45, 2.75) is 43.7 Å². The molecule has 170 valence electrons. The fraction of sp³-hybridized carbons (Fsp3) is 0.417. The van der Waals surface area contributed by atoms with E-state index >= 15 is 0 Å². The first kappa shape index (κ1) is 22.5. The largest absolute Gasteiger partial charge is 0.352 e. The van der Waals surface area contributed by atoms with E-state index in [0.29, 0.717) is 38.9 Å². The Morgan fingerprint density at radius 3 is 2.38 bits per heavy atom. The molecule has 2 amide bonds. The van der Waals surface area contributed by atoms with E-state index in [9.17, 15) is 18.0 Å². The monoisotopic (exact) mass is 455 g/mol. The van der Waals surface area contributed by atoms with Gasteiger partial charge in [-0.05, 0) is 42.5 Å². The van der Waals surface area contributed by atoms with E-state index in [1.165, 1.54) is 4.31 Å². The summed E-state index contributed by atoms with van der Waals surface area (Å²) in [6.45, 7) is 2.46. The Morgan fingerprint density at radius 1 is 0.969 bits per heavy atom. The molecule has 32 heavy (non-hydrogen) atoms. The van der Waals surface area contributed by atoms with Crippen LogP contribution in [0.1, 0.15) is 36.8 Å². The smallest absolute Gasteiger partial charge is 0.243 e. The van der Waals surface area contributed by atoms with Crippen LogP contribution in [-0.2, 0) is 32.7 Å². The van der Waals surface area contributed by atoms with Crippen LogP contribution in [0.4, 0.5) is 0 Å². The summed E-state index contributed by atoms with van der Waals surface area (Å²) in [5.74, 6) is -0.274. The third-order valence-electron chi connectivity index (χ3n) is 6.17. The standard InChI is InChI=1S/C24H29N3O4S/c28-23-9-5-14-26(23)17-20-12-10-19(11-13-20)16-25-24(29)21-6-4-15-27(18-21)32(30,31)22-7-2-1-3-8-22/h1-3,7-8,10-13,21H,4-6,9,14-18H2,(H,25,29)/t21-/m0/s1. The van der Waals surface area contributed by atoms with Crippen LogP contribution in [0.5, 0.6) is 0 Å². The van der Waals surface area contributed by atoms with Gasteiger partial charge in [0.1, 0.15) is 0 Å². The molecule has 8 heteroatoms. The Labute approximate surface area is 189 Å². The fourth-order valence-electron chi connectivity index (χ4n) is 4.30. The maximum atomic E-state index is 12.9. The van der Waals surface area contributed by atoms with Crippen molar-refractivity contribution < 1.29 is 18.0 Å². The van der Waals surface area contributed by atoms with Gasteiger partial charge in [0.05, 0.1) is 10.8 Å².